The molecule has 0 N–H and O–H groups in total. The lowest BCUT2D eigenvalue weighted by molar-refractivity contribution is 0.0562. The van der Waals surface area contributed by atoms with E-state index in [1.165, 1.54) is 12.1 Å². The van der Waals surface area contributed by atoms with E-state index in [1.807, 2.05) is 12.2 Å². The van der Waals surface area contributed by atoms with Crippen LogP contribution in [0.25, 0.3) is 11.5 Å². The fourth-order valence-electron chi connectivity index (χ4n) is 3.33. The van der Waals surface area contributed by atoms with Crippen LogP contribution in [0.15, 0.2) is 53.3 Å². The quantitative estimate of drug-likeness (QED) is 0.361. The van der Waals surface area contributed by atoms with Crippen molar-refractivity contribution in [3.63, 3.8) is 0 Å². The van der Waals surface area contributed by atoms with Gasteiger partial charge in [0.05, 0.1) is 16.6 Å². The van der Waals surface area contributed by atoms with Gasteiger partial charge >= 0.3 is 6.09 Å². The molecule has 3 aromatic rings. The normalized spacial score (nSPS) is 14.3. The Kier molecular flexibility index (Phi) is 6.97. The van der Waals surface area contributed by atoms with Gasteiger partial charge < -0.3 is 14.0 Å². The van der Waals surface area contributed by atoms with E-state index in [0.29, 0.717) is 24.5 Å². The summed E-state index contributed by atoms with van der Waals surface area (Å²) in [7, 11) is 0. The molecule has 1 aromatic carbocycles. The predicted octanol–water partition coefficient (Wildman–Crippen LogP) is 5.16. The highest BCUT2D eigenvalue weighted by atomic mass is 79.9. The van der Waals surface area contributed by atoms with Crippen molar-refractivity contribution in [1.82, 2.24) is 19.7 Å². The molecule has 0 spiro atoms. The van der Waals surface area contributed by atoms with Crippen LogP contribution in [-0.2, 0) is 11.3 Å². The van der Waals surface area contributed by atoms with Crippen molar-refractivity contribution in [3.05, 3.63) is 64.7 Å². The standard InChI is InChI=1S/C24H23BrFN5O4/c1-24(2,3)35-23(33)31-20-9-7-8-18(28-20)21-29-27-14-30(21)10-5-4-6-11-34-19-13-17(26)16(25)12-15(19)22(31)32/h4-5,7-9,12-14H,6,10-11H2,1-3H3. The lowest BCUT2D eigenvalue weighted by atomic mass is 10.1. The van der Waals surface area contributed by atoms with Gasteiger partial charge in [-0.25, -0.2) is 14.2 Å². The highest BCUT2D eigenvalue weighted by molar-refractivity contribution is 9.10. The molecule has 4 rings (SSSR count). The van der Waals surface area contributed by atoms with E-state index in [9.17, 15) is 14.0 Å². The van der Waals surface area contributed by atoms with Gasteiger partial charge in [-0.1, -0.05) is 18.2 Å². The second kappa shape index (κ2) is 9.95. The number of hydrogen-bond donors (Lipinski definition) is 0. The first-order chi connectivity index (χ1) is 16.6. The highest BCUT2D eigenvalue weighted by Gasteiger charge is 2.33. The van der Waals surface area contributed by atoms with Crippen LogP contribution >= 0.6 is 15.9 Å². The molecule has 2 bridgehead atoms. The summed E-state index contributed by atoms with van der Waals surface area (Å²) in [5.41, 5.74) is -0.514. The van der Waals surface area contributed by atoms with Crippen LogP contribution in [-0.4, -0.2) is 44.0 Å². The average Bonchev–Trinajstić information content (AvgIpc) is 3.25. The first kappa shape index (κ1) is 24.5. The lowest BCUT2D eigenvalue weighted by Gasteiger charge is -2.26. The van der Waals surface area contributed by atoms with Gasteiger partial charge in [0, 0.05) is 12.6 Å². The number of nitrogens with zero attached hydrogens (tertiary/aromatic N) is 5. The van der Waals surface area contributed by atoms with Crippen LogP contribution in [0.2, 0.25) is 0 Å². The van der Waals surface area contributed by atoms with E-state index >= 15 is 0 Å². The number of imide groups is 1. The summed E-state index contributed by atoms with van der Waals surface area (Å²) in [5.74, 6) is -0.920. The van der Waals surface area contributed by atoms with Crippen molar-refractivity contribution in [2.24, 2.45) is 0 Å². The second-order valence-electron chi connectivity index (χ2n) is 8.68. The van der Waals surface area contributed by atoms with Crippen LogP contribution in [0.5, 0.6) is 5.75 Å². The summed E-state index contributed by atoms with van der Waals surface area (Å²) >= 11 is 3.12. The summed E-state index contributed by atoms with van der Waals surface area (Å²) in [5, 5.41) is 8.12. The molecule has 9 nitrogen and oxygen atoms in total. The fourth-order valence-corrected chi connectivity index (χ4v) is 3.67. The minimum atomic E-state index is -0.939. The number of halogens is 2. The molecule has 0 radical (unpaired) electrons. The smallest absolute Gasteiger partial charge is 0.423 e. The zero-order chi connectivity index (χ0) is 25.2. The summed E-state index contributed by atoms with van der Waals surface area (Å²) < 4.78 is 27.4. The van der Waals surface area contributed by atoms with Crippen molar-refractivity contribution in [2.45, 2.75) is 39.3 Å². The van der Waals surface area contributed by atoms with Gasteiger partial charge in [-0.3, -0.25) is 4.79 Å². The molecule has 2 aromatic heterocycles. The molecule has 35 heavy (non-hydrogen) atoms. The number of aromatic nitrogens is 4. The van der Waals surface area contributed by atoms with Gasteiger partial charge in [0.25, 0.3) is 5.91 Å². The Morgan fingerprint density at radius 3 is 2.80 bits per heavy atom. The first-order valence-corrected chi connectivity index (χ1v) is 11.6. The van der Waals surface area contributed by atoms with E-state index in [-0.39, 0.29) is 28.2 Å². The summed E-state index contributed by atoms with van der Waals surface area (Å²) in [4.78, 5) is 32.4. The molecule has 0 fully saturated rings. The van der Waals surface area contributed by atoms with E-state index in [4.69, 9.17) is 9.47 Å². The maximum absolute atomic E-state index is 14.3. The molecule has 0 unspecified atom stereocenters. The molecule has 1 aliphatic rings. The molecule has 0 saturated carbocycles. The Balaban J connectivity index is 1.90. The van der Waals surface area contributed by atoms with Crippen LogP contribution < -0.4 is 9.64 Å². The minimum absolute atomic E-state index is 0.000753. The van der Waals surface area contributed by atoms with Crippen LogP contribution in [0.4, 0.5) is 15.0 Å². The number of fused-ring (bicyclic) bond motifs is 5. The number of rotatable bonds is 0. The molecule has 3 heterocycles. The Morgan fingerprint density at radius 2 is 2.03 bits per heavy atom. The first-order valence-electron chi connectivity index (χ1n) is 10.8. The lowest BCUT2D eigenvalue weighted by Crippen LogP contribution is -2.41. The number of carbonyl (C=O) groups excluding carboxylic acids is 2. The number of anilines is 1. The second-order valence-corrected chi connectivity index (χ2v) is 9.53. The number of ether oxygens (including phenoxy) is 2. The van der Waals surface area contributed by atoms with Crippen molar-refractivity contribution in [3.8, 4) is 17.3 Å². The molecular formula is C24H23BrFN5O4. The maximum Gasteiger partial charge on any atom is 0.423 e. The highest BCUT2D eigenvalue weighted by Crippen LogP contribution is 2.30. The summed E-state index contributed by atoms with van der Waals surface area (Å²) in [6.45, 7) is 5.72. The number of amides is 2. The molecule has 0 saturated heterocycles. The number of pyridine rings is 1. The van der Waals surface area contributed by atoms with E-state index in [1.54, 1.807) is 43.8 Å². The maximum atomic E-state index is 14.3. The summed E-state index contributed by atoms with van der Waals surface area (Å²) in [6.07, 6.45) is 4.95. The Bertz CT molecular complexity index is 1300. The van der Waals surface area contributed by atoms with E-state index < -0.39 is 23.4 Å². The average molecular weight is 544 g/mol. The van der Waals surface area contributed by atoms with Gasteiger partial charge in [0.15, 0.2) is 5.82 Å². The number of allylic oxidation sites excluding steroid dienone is 1. The van der Waals surface area contributed by atoms with Gasteiger partial charge in [-0.05, 0) is 61.3 Å². The molecule has 182 valence electrons. The van der Waals surface area contributed by atoms with E-state index in [0.717, 1.165) is 11.0 Å². The predicted molar refractivity (Wildman–Crippen MR) is 130 cm³/mol. The van der Waals surface area contributed by atoms with Gasteiger partial charge in [0.2, 0.25) is 0 Å². The molecule has 1 aliphatic heterocycles. The number of hydrogen-bond acceptors (Lipinski definition) is 7. The molecule has 0 atom stereocenters. The van der Waals surface area contributed by atoms with Gasteiger partial charge in [0.1, 0.15) is 35.0 Å². The zero-order valence-corrected chi connectivity index (χ0v) is 21.0. The molecule has 2 amide bonds. The van der Waals surface area contributed by atoms with Crippen LogP contribution in [0.3, 0.4) is 0 Å². The monoisotopic (exact) mass is 543 g/mol. The van der Waals surface area contributed by atoms with Crippen molar-refractivity contribution in [2.75, 3.05) is 11.5 Å². The minimum Gasteiger partial charge on any atom is -0.492 e. The Hall–Kier alpha value is -3.60. The zero-order valence-electron chi connectivity index (χ0n) is 19.4. The SMILES string of the molecule is CC(C)(C)OC(=O)N1C(=O)c2cc(Br)c(F)cc2OCCC=CCn2cnnc2-c2cccc1n2. The van der Waals surface area contributed by atoms with Gasteiger partial charge in [-0.2, -0.15) is 4.90 Å². The van der Waals surface area contributed by atoms with Crippen LogP contribution in [0, 0.1) is 5.82 Å². The topological polar surface area (TPSA) is 99.4 Å². The third-order valence-electron chi connectivity index (χ3n) is 4.85. The Morgan fingerprint density at radius 1 is 1.23 bits per heavy atom. The van der Waals surface area contributed by atoms with Crippen molar-refractivity contribution < 1.29 is 23.5 Å². The molecule has 0 aliphatic carbocycles. The fraction of sp³-hybridized carbons (Fsp3) is 0.292. The van der Waals surface area contributed by atoms with Crippen LogP contribution in [0.1, 0.15) is 37.6 Å². The largest absolute Gasteiger partial charge is 0.492 e. The number of carbonyl (C=O) groups is 2. The molecular weight excluding hydrogens is 521 g/mol. The third-order valence-corrected chi connectivity index (χ3v) is 5.46. The molecule has 11 heteroatoms. The van der Waals surface area contributed by atoms with Crippen molar-refractivity contribution in [1.29, 1.82) is 0 Å². The Labute approximate surface area is 209 Å². The third kappa shape index (κ3) is 5.56. The van der Waals surface area contributed by atoms with Crippen molar-refractivity contribution >= 4 is 33.7 Å². The summed E-state index contributed by atoms with van der Waals surface area (Å²) in [6, 6.07) is 7.24. The van der Waals surface area contributed by atoms with E-state index in [2.05, 4.69) is 31.1 Å². The van der Waals surface area contributed by atoms with Gasteiger partial charge in [-0.15, -0.1) is 10.2 Å². The number of benzene rings is 1.